The van der Waals surface area contributed by atoms with Crippen molar-refractivity contribution in [3.63, 3.8) is 0 Å². The number of anilines is 2. The van der Waals surface area contributed by atoms with E-state index in [0.29, 0.717) is 28.1 Å². The second-order valence-electron chi connectivity index (χ2n) is 9.01. The third-order valence-corrected chi connectivity index (χ3v) is 6.27. The molecule has 0 aliphatic heterocycles. The highest BCUT2D eigenvalue weighted by Gasteiger charge is 2.21. The average molecular weight is 541 g/mol. The van der Waals surface area contributed by atoms with Gasteiger partial charge < -0.3 is 16.4 Å². The number of hydrogen-bond donors (Lipinski definition) is 4. The molecule has 11 nitrogen and oxygen atoms in total. The molecule has 5 aromatic rings. The average Bonchev–Trinajstić information content (AvgIpc) is 3.34. The number of hydrogen-bond acceptors (Lipinski definition) is 9. The van der Waals surface area contributed by atoms with Crippen molar-refractivity contribution in [1.82, 2.24) is 35.5 Å². The number of H-pyrrole nitrogens is 1. The summed E-state index contributed by atoms with van der Waals surface area (Å²) in [5, 5.41) is 22.5. The van der Waals surface area contributed by atoms with Gasteiger partial charge in [-0.05, 0) is 49.2 Å². The van der Waals surface area contributed by atoms with Crippen molar-refractivity contribution in [3.8, 4) is 17.3 Å². The first-order chi connectivity index (χ1) is 19.2. The molecule has 0 aliphatic rings. The third kappa shape index (κ3) is 5.23. The van der Waals surface area contributed by atoms with Crippen molar-refractivity contribution in [2.24, 2.45) is 0 Å². The van der Waals surface area contributed by atoms with Gasteiger partial charge in [-0.15, -0.1) is 0 Å². The number of nitrogens with two attached hydrogens (primary N) is 1. The predicted octanol–water partition coefficient (Wildman–Crippen LogP) is 4.21. The summed E-state index contributed by atoms with van der Waals surface area (Å²) in [6, 6.07) is 9.74. The maximum absolute atomic E-state index is 13.7. The number of aromatic amines is 1. The molecule has 0 aliphatic carbocycles. The number of carbonyl (C=O) groups is 1. The van der Waals surface area contributed by atoms with Gasteiger partial charge in [0.15, 0.2) is 34.5 Å². The van der Waals surface area contributed by atoms with Crippen LogP contribution >= 0.6 is 0 Å². The van der Waals surface area contributed by atoms with Gasteiger partial charge in [-0.3, -0.25) is 14.9 Å². The Morgan fingerprint density at radius 1 is 1.00 bits per heavy atom. The molecule has 0 bridgehead atoms. The third-order valence-electron chi connectivity index (χ3n) is 6.27. The summed E-state index contributed by atoms with van der Waals surface area (Å²) in [6.07, 6.45) is 4.58. The molecule has 13 heteroatoms. The molecule has 200 valence electrons. The summed E-state index contributed by atoms with van der Waals surface area (Å²) in [6.45, 7) is 3.46. The fourth-order valence-corrected chi connectivity index (χ4v) is 4.02. The minimum absolute atomic E-state index is 0.0568. The maximum Gasteiger partial charge on any atom is 0.274 e. The molecule has 1 aromatic carbocycles. The molecular weight excluding hydrogens is 518 g/mol. The molecule has 1 unspecified atom stereocenters. The second-order valence-corrected chi connectivity index (χ2v) is 9.01. The van der Waals surface area contributed by atoms with Crippen LogP contribution in [-0.2, 0) is 0 Å². The summed E-state index contributed by atoms with van der Waals surface area (Å²) < 4.78 is 27.0. The predicted molar refractivity (Wildman–Crippen MR) is 143 cm³/mol. The Morgan fingerprint density at radius 3 is 2.52 bits per heavy atom. The Morgan fingerprint density at radius 2 is 1.80 bits per heavy atom. The highest BCUT2D eigenvalue weighted by atomic mass is 19.2. The minimum Gasteiger partial charge on any atom is -0.384 e. The number of nitrogen functional groups attached to an aromatic ring is 1. The molecule has 0 radical (unpaired) electrons. The zero-order valence-electron chi connectivity index (χ0n) is 21.3. The Hall–Kier alpha value is -5.51. The molecule has 5 rings (SSSR count). The normalized spacial score (nSPS) is 12.5. The van der Waals surface area contributed by atoms with Crippen LogP contribution in [0.25, 0.3) is 22.3 Å². The molecule has 2 atom stereocenters. The molecule has 0 saturated carbocycles. The minimum atomic E-state index is -1.02. The van der Waals surface area contributed by atoms with Crippen LogP contribution in [0.5, 0.6) is 0 Å². The van der Waals surface area contributed by atoms with Gasteiger partial charge in [0.05, 0.1) is 29.4 Å². The summed E-state index contributed by atoms with van der Waals surface area (Å²) in [4.78, 5) is 30.3. The van der Waals surface area contributed by atoms with Crippen LogP contribution in [0.2, 0.25) is 0 Å². The Balaban J connectivity index is 1.35. The fourth-order valence-electron chi connectivity index (χ4n) is 4.02. The summed E-state index contributed by atoms with van der Waals surface area (Å²) in [5.41, 5.74) is 8.82. The van der Waals surface area contributed by atoms with Gasteiger partial charge in [-0.1, -0.05) is 12.1 Å². The van der Waals surface area contributed by atoms with E-state index in [1.807, 2.05) is 31.2 Å². The van der Waals surface area contributed by atoms with E-state index in [4.69, 9.17) is 5.73 Å². The largest absolute Gasteiger partial charge is 0.384 e. The lowest BCUT2D eigenvalue weighted by atomic mass is 10.1. The van der Waals surface area contributed by atoms with Crippen molar-refractivity contribution in [2.75, 3.05) is 11.1 Å². The number of benzene rings is 1. The first-order valence-electron chi connectivity index (χ1n) is 12.1. The Labute approximate surface area is 226 Å². The number of rotatable bonds is 7. The first-order valence-corrected chi connectivity index (χ1v) is 12.1. The van der Waals surface area contributed by atoms with Crippen LogP contribution in [0.15, 0.2) is 55.0 Å². The van der Waals surface area contributed by atoms with Crippen molar-refractivity contribution in [1.29, 1.82) is 5.26 Å². The van der Waals surface area contributed by atoms with Crippen molar-refractivity contribution >= 4 is 28.6 Å². The molecule has 0 saturated heterocycles. The van der Waals surface area contributed by atoms with Gasteiger partial charge in [0.25, 0.3) is 5.91 Å². The number of carbonyl (C=O) groups excluding carboxylic acids is 1. The lowest BCUT2D eigenvalue weighted by molar-refractivity contribution is 0.0935. The number of pyridine rings is 2. The maximum atomic E-state index is 13.7. The number of nitrogens with one attached hydrogen (secondary N) is 3. The van der Waals surface area contributed by atoms with Gasteiger partial charge in [-0.2, -0.15) is 10.4 Å². The van der Waals surface area contributed by atoms with Crippen LogP contribution in [0, 0.1) is 23.0 Å². The van der Waals surface area contributed by atoms with Crippen LogP contribution in [0.4, 0.5) is 20.4 Å². The highest BCUT2D eigenvalue weighted by molar-refractivity contribution is 5.97. The topological polar surface area (TPSA) is 171 Å². The van der Waals surface area contributed by atoms with E-state index in [1.54, 1.807) is 19.3 Å². The van der Waals surface area contributed by atoms with Crippen LogP contribution in [0.1, 0.15) is 53.2 Å². The Bertz CT molecular complexity index is 1760. The van der Waals surface area contributed by atoms with Crippen LogP contribution in [0.3, 0.4) is 0 Å². The van der Waals surface area contributed by atoms with E-state index in [2.05, 4.69) is 40.8 Å². The molecule has 4 aromatic heterocycles. The number of halogens is 2. The van der Waals surface area contributed by atoms with Crippen molar-refractivity contribution < 1.29 is 13.6 Å². The summed E-state index contributed by atoms with van der Waals surface area (Å²) in [5.74, 6) is -2.11. The quantitative estimate of drug-likeness (QED) is 0.236. The zero-order valence-corrected chi connectivity index (χ0v) is 21.3. The monoisotopic (exact) mass is 540 g/mol. The van der Waals surface area contributed by atoms with Gasteiger partial charge >= 0.3 is 0 Å². The van der Waals surface area contributed by atoms with E-state index in [0.717, 1.165) is 23.3 Å². The van der Waals surface area contributed by atoms with Gasteiger partial charge in [0, 0.05) is 18.0 Å². The lowest BCUT2D eigenvalue weighted by Gasteiger charge is -2.19. The number of aromatic nitrogens is 6. The molecule has 5 N–H and O–H groups in total. The lowest BCUT2D eigenvalue weighted by Crippen LogP contribution is -2.29. The van der Waals surface area contributed by atoms with E-state index < -0.39 is 23.6 Å². The molecule has 0 fully saturated rings. The first kappa shape index (κ1) is 26.1. The molecule has 1 amide bonds. The van der Waals surface area contributed by atoms with Crippen LogP contribution in [-0.4, -0.2) is 36.0 Å². The smallest absolute Gasteiger partial charge is 0.274 e. The molecule has 40 heavy (non-hydrogen) atoms. The summed E-state index contributed by atoms with van der Waals surface area (Å²) in [7, 11) is 0. The van der Waals surface area contributed by atoms with E-state index in [-0.39, 0.29) is 23.2 Å². The van der Waals surface area contributed by atoms with Gasteiger partial charge in [0.1, 0.15) is 11.9 Å². The SMILES string of the molecule is CC(NC(=O)c1nc(C#N)cnc1N[C@H](C)c1ccc(-c2cnc3n[nH]c(N)c3c2)nc1)c1ccc(F)c(F)c1. The van der Waals surface area contributed by atoms with E-state index in [1.165, 1.54) is 12.3 Å². The molecule has 4 heterocycles. The second kappa shape index (κ2) is 10.7. The zero-order chi connectivity index (χ0) is 28.4. The van der Waals surface area contributed by atoms with E-state index in [9.17, 15) is 18.8 Å². The number of nitriles is 1. The Kier molecular flexibility index (Phi) is 6.98. The standard InChI is InChI=1S/C27H22F2N10O/c1-13(15-3-5-20(28)21(29)8-15)36-27(40)23-26(34-12-18(9-30)37-23)35-14(2)16-4-6-22(32-10-16)17-7-19-24(31)38-39-25(19)33-11-17/h3-8,10-14H,1-2H3,(H,34,35)(H,36,40)(H3,31,33,38,39)/t13?,14-/m1/s1. The summed E-state index contributed by atoms with van der Waals surface area (Å²) >= 11 is 0. The van der Waals surface area contributed by atoms with Gasteiger partial charge in [-0.25, -0.2) is 23.7 Å². The van der Waals surface area contributed by atoms with Crippen molar-refractivity contribution in [3.05, 3.63) is 89.1 Å². The van der Waals surface area contributed by atoms with Crippen molar-refractivity contribution in [2.45, 2.75) is 25.9 Å². The van der Waals surface area contributed by atoms with E-state index >= 15 is 0 Å². The van der Waals surface area contributed by atoms with Gasteiger partial charge in [0.2, 0.25) is 0 Å². The number of amides is 1. The molecular formula is C27H22F2N10O. The highest BCUT2D eigenvalue weighted by Crippen LogP contribution is 2.26. The van der Waals surface area contributed by atoms with Crippen LogP contribution < -0.4 is 16.4 Å². The number of fused-ring (bicyclic) bond motifs is 1. The molecule has 0 spiro atoms. The number of nitrogens with zero attached hydrogens (tertiary/aromatic N) is 6. The fraction of sp³-hybridized carbons (Fsp3) is 0.148.